The van der Waals surface area contributed by atoms with Gasteiger partial charge in [0.25, 0.3) is 5.91 Å². The minimum atomic E-state index is -0.616. The van der Waals surface area contributed by atoms with Gasteiger partial charge in [0.2, 0.25) is 5.76 Å². The maximum Gasteiger partial charge on any atom is 0.290 e. The van der Waals surface area contributed by atoms with E-state index in [9.17, 15) is 9.59 Å². The predicted octanol–water partition coefficient (Wildman–Crippen LogP) is 5.74. The van der Waals surface area contributed by atoms with Gasteiger partial charge in [-0.05, 0) is 55.7 Å². The molecule has 0 radical (unpaired) electrons. The molecule has 1 aromatic heterocycles. The van der Waals surface area contributed by atoms with Gasteiger partial charge < -0.3 is 23.5 Å². The molecule has 1 aliphatic rings. The molecule has 1 unspecified atom stereocenters. The van der Waals surface area contributed by atoms with E-state index in [0.29, 0.717) is 54.2 Å². The van der Waals surface area contributed by atoms with Gasteiger partial charge in [0.15, 0.2) is 16.9 Å². The molecule has 0 saturated heterocycles. The second kappa shape index (κ2) is 11.1. The number of methoxy groups -OCH3 is 1. The quantitative estimate of drug-likeness (QED) is 0.252. The zero-order chi connectivity index (χ0) is 26.6. The fraction of sp³-hybridized carbons (Fsp3) is 0.290. The average molecular weight is 514 g/mol. The molecule has 1 atom stereocenters. The van der Waals surface area contributed by atoms with Crippen LogP contribution >= 0.6 is 0 Å². The molecule has 196 valence electrons. The maximum atomic E-state index is 13.7. The summed E-state index contributed by atoms with van der Waals surface area (Å²) in [6.07, 6.45) is 0.718. The molecule has 0 bridgehead atoms. The molecule has 7 nitrogen and oxygen atoms in total. The number of benzene rings is 3. The zero-order valence-corrected chi connectivity index (χ0v) is 21.8. The van der Waals surface area contributed by atoms with Gasteiger partial charge in [-0.1, -0.05) is 48.5 Å². The summed E-state index contributed by atoms with van der Waals surface area (Å²) in [6.45, 7) is 5.25. The summed E-state index contributed by atoms with van der Waals surface area (Å²) in [6, 6.07) is 21.8. The number of amides is 1. The number of nitrogens with zero attached hydrogens (tertiary/aromatic N) is 1. The highest BCUT2D eigenvalue weighted by molar-refractivity contribution is 5.99. The van der Waals surface area contributed by atoms with Crippen LogP contribution in [0, 0.1) is 0 Å². The third-order valence-corrected chi connectivity index (χ3v) is 6.61. The van der Waals surface area contributed by atoms with Crippen LogP contribution in [-0.2, 0) is 11.3 Å². The molecular formula is C31H31NO6. The van der Waals surface area contributed by atoms with Crippen LogP contribution in [0.5, 0.6) is 11.5 Å². The van der Waals surface area contributed by atoms with Crippen molar-refractivity contribution in [1.29, 1.82) is 0 Å². The molecule has 5 rings (SSSR count). The number of rotatable bonds is 10. The number of hydrogen-bond acceptors (Lipinski definition) is 6. The summed E-state index contributed by atoms with van der Waals surface area (Å²) < 4.78 is 23.4. The Morgan fingerprint density at radius 1 is 0.947 bits per heavy atom. The molecule has 0 spiro atoms. The molecule has 3 aromatic carbocycles. The van der Waals surface area contributed by atoms with E-state index < -0.39 is 6.04 Å². The summed E-state index contributed by atoms with van der Waals surface area (Å²) in [4.78, 5) is 28.9. The largest absolute Gasteiger partial charge is 0.493 e. The number of ether oxygens (including phenoxy) is 3. The molecular weight excluding hydrogens is 482 g/mol. The van der Waals surface area contributed by atoms with Crippen LogP contribution in [0.4, 0.5) is 0 Å². The summed E-state index contributed by atoms with van der Waals surface area (Å²) in [5, 5.41) is 0.448. The molecule has 0 saturated carbocycles. The summed E-state index contributed by atoms with van der Waals surface area (Å²) in [5.41, 5.74) is 2.32. The molecule has 4 aromatic rings. The Balaban J connectivity index is 1.52. The Morgan fingerprint density at radius 2 is 1.71 bits per heavy atom. The van der Waals surface area contributed by atoms with Crippen LogP contribution in [0.25, 0.3) is 11.0 Å². The first kappa shape index (κ1) is 25.5. The van der Waals surface area contributed by atoms with Crippen molar-refractivity contribution in [2.24, 2.45) is 0 Å². The van der Waals surface area contributed by atoms with Crippen molar-refractivity contribution in [2.75, 3.05) is 20.3 Å². The van der Waals surface area contributed by atoms with Crippen molar-refractivity contribution in [3.8, 4) is 11.5 Å². The lowest BCUT2D eigenvalue weighted by molar-refractivity contribution is 0.0593. The van der Waals surface area contributed by atoms with Crippen molar-refractivity contribution in [3.63, 3.8) is 0 Å². The number of carbonyl (C=O) groups is 1. The van der Waals surface area contributed by atoms with E-state index in [2.05, 4.69) is 0 Å². The Bertz CT molecular complexity index is 1490. The smallest absolute Gasteiger partial charge is 0.290 e. The minimum absolute atomic E-state index is 0.0897. The predicted molar refractivity (Wildman–Crippen MR) is 145 cm³/mol. The second-order valence-corrected chi connectivity index (χ2v) is 9.53. The Hall–Kier alpha value is -4.10. The van der Waals surface area contributed by atoms with Crippen molar-refractivity contribution >= 4 is 16.9 Å². The lowest BCUT2D eigenvalue weighted by atomic mass is 9.98. The van der Waals surface area contributed by atoms with E-state index in [1.807, 2.05) is 62.4 Å². The van der Waals surface area contributed by atoms with Gasteiger partial charge in [-0.2, -0.15) is 0 Å². The number of para-hydroxylation sites is 1. The monoisotopic (exact) mass is 513 g/mol. The zero-order valence-electron chi connectivity index (χ0n) is 21.8. The third-order valence-electron chi connectivity index (χ3n) is 6.61. The van der Waals surface area contributed by atoms with Crippen LogP contribution in [0.15, 0.2) is 82.0 Å². The fourth-order valence-corrected chi connectivity index (χ4v) is 4.81. The molecule has 0 fully saturated rings. The van der Waals surface area contributed by atoms with E-state index in [1.165, 1.54) is 0 Å². The van der Waals surface area contributed by atoms with Gasteiger partial charge in [0, 0.05) is 13.2 Å². The summed E-state index contributed by atoms with van der Waals surface area (Å²) in [5.74, 6) is 0.882. The van der Waals surface area contributed by atoms with Gasteiger partial charge in [-0.15, -0.1) is 0 Å². The highest BCUT2D eigenvalue weighted by Gasteiger charge is 2.42. The molecule has 0 N–H and O–H groups in total. The van der Waals surface area contributed by atoms with Gasteiger partial charge >= 0.3 is 0 Å². The Kier molecular flexibility index (Phi) is 7.47. The minimum Gasteiger partial charge on any atom is -0.493 e. The van der Waals surface area contributed by atoms with Crippen LogP contribution < -0.4 is 14.9 Å². The molecule has 1 amide bonds. The first-order valence-corrected chi connectivity index (χ1v) is 12.8. The highest BCUT2D eigenvalue weighted by Crippen LogP contribution is 2.41. The van der Waals surface area contributed by atoms with E-state index in [1.54, 1.807) is 36.3 Å². The van der Waals surface area contributed by atoms with Crippen molar-refractivity contribution < 1.29 is 23.4 Å². The Labute approximate surface area is 221 Å². The first-order valence-electron chi connectivity index (χ1n) is 12.8. The van der Waals surface area contributed by atoms with Crippen LogP contribution in [0.1, 0.15) is 53.6 Å². The van der Waals surface area contributed by atoms with Crippen molar-refractivity contribution in [3.05, 3.63) is 105 Å². The molecule has 7 heteroatoms. The van der Waals surface area contributed by atoms with Gasteiger partial charge in [-0.3, -0.25) is 9.59 Å². The molecule has 0 aliphatic carbocycles. The molecule has 1 aliphatic heterocycles. The lowest BCUT2D eigenvalue weighted by Gasteiger charge is -2.26. The van der Waals surface area contributed by atoms with Gasteiger partial charge in [0.1, 0.15) is 12.2 Å². The van der Waals surface area contributed by atoms with Gasteiger partial charge in [-0.25, -0.2) is 0 Å². The van der Waals surface area contributed by atoms with E-state index >= 15 is 0 Å². The highest BCUT2D eigenvalue weighted by atomic mass is 16.5. The van der Waals surface area contributed by atoms with Crippen LogP contribution in [0.2, 0.25) is 0 Å². The van der Waals surface area contributed by atoms with Crippen LogP contribution in [0.3, 0.4) is 0 Å². The SMILES string of the molecule is COc1cc(C2c3c(oc4ccccc4c3=O)C(=O)N2CCCOC(C)C)ccc1OCc1ccccc1. The molecule has 2 heterocycles. The Morgan fingerprint density at radius 3 is 2.47 bits per heavy atom. The molecule has 38 heavy (non-hydrogen) atoms. The van der Waals surface area contributed by atoms with Gasteiger partial charge in [0.05, 0.1) is 30.2 Å². The number of carbonyl (C=O) groups excluding carboxylic acids is 1. The topological polar surface area (TPSA) is 78.2 Å². The second-order valence-electron chi connectivity index (χ2n) is 9.53. The van der Waals surface area contributed by atoms with Crippen molar-refractivity contribution in [2.45, 2.75) is 39.0 Å². The van der Waals surface area contributed by atoms with Crippen LogP contribution in [-0.4, -0.2) is 37.2 Å². The lowest BCUT2D eigenvalue weighted by Crippen LogP contribution is -2.31. The summed E-state index contributed by atoms with van der Waals surface area (Å²) >= 11 is 0. The number of fused-ring (bicyclic) bond motifs is 2. The maximum absolute atomic E-state index is 13.7. The van der Waals surface area contributed by atoms with E-state index in [0.717, 1.165) is 11.1 Å². The van der Waals surface area contributed by atoms with Crippen molar-refractivity contribution in [1.82, 2.24) is 4.90 Å². The normalized spacial score (nSPS) is 14.8. The first-order chi connectivity index (χ1) is 18.5. The average Bonchev–Trinajstić information content (AvgIpc) is 3.21. The fourth-order valence-electron chi connectivity index (χ4n) is 4.81. The van der Waals surface area contributed by atoms with E-state index in [-0.39, 0.29) is 23.2 Å². The standard InChI is InChI=1S/C31H31NO6/c1-20(2)36-17-9-16-32-28(27-29(33)23-12-7-8-13-24(23)38-30(27)31(32)34)22-14-15-25(26(18-22)35-3)37-19-21-10-5-4-6-11-21/h4-8,10-15,18,20,28H,9,16-17,19H2,1-3H3. The summed E-state index contributed by atoms with van der Waals surface area (Å²) in [7, 11) is 1.57. The van der Waals surface area contributed by atoms with E-state index in [4.69, 9.17) is 18.6 Å². The third kappa shape index (κ3) is 5.02. The number of hydrogen-bond donors (Lipinski definition) is 0.